The van der Waals surface area contributed by atoms with Crippen LogP contribution in [0, 0.1) is 5.41 Å². The standard InChI is InChI=1S/C8H14O7/c1-2-8(3-9,4-10)5-14-7(13)15-6(11)12/h9-10H,2-5H2,1H3,(H,11,12). The first kappa shape index (κ1) is 13.7. The Kier molecular flexibility index (Phi) is 5.65. The van der Waals surface area contributed by atoms with Crippen LogP contribution in [0.5, 0.6) is 0 Å². The quantitative estimate of drug-likeness (QED) is 0.449. The lowest BCUT2D eigenvalue weighted by Crippen LogP contribution is -2.35. The maximum atomic E-state index is 10.7. The third kappa shape index (κ3) is 4.61. The number of hydrogen-bond donors (Lipinski definition) is 3. The second kappa shape index (κ2) is 6.20. The summed E-state index contributed by atoms with van der Waals surface area (Å²) in [4.78, 5) is 20.6. The first-order valence-electron chi connectivity index (χ1n) is 4.29. The molecule has 7 nitrogen and oxygen atoms in total. The minimum atomic E-state index is -1.77. The van der Waals surface area contributed by atoms with Crippen molar-refractivity contribution in [3.63, 3.8) is 0 Å². The molecule has 0 radical (unpaired) electrons. The topological polar surface area (TPSA) is 113 Å². The normalized spacial score (nSPS) is 10.9. The van der Waals surface area contributed by atoms with Crippen molar-refractivity contribution in [2.24, 2.45) is 5.41 Å². The van der Waals surface area contributed by atoms with E-state index in [0.717, 1.165) is 0 Å². The SMILES string of the molecule is CCC(CO)(CO)COC(=O)OC(=O)O. The summed E-state index contributed by atoms with van der Waals surface area (Å²) in [5, 5.41) is 26.0. The summed E-state index contributed by atoms with van der Waals surface area (Å²) in [6, 6.07) is 0. The third-order valence-electron chi connectivity index (χ3n) is 2.09. The van der Waals surface area contributed by atoms with Crippen LogP contribution < -0.4 is 0 Å². The summed E-state index contributed by atoms with van der Waals surface area (Å²) in [6.45, 7) is 0.641. The van der Waals surface area contributed by atoms with Crippen molar-refractivity contribution < 1.29 is 34.4 Å². The Bertz CT molecular complexity index is 213. The lowest BCUT2D eigenvalue weighted by atomic mass is 9.88. The first-order valence-corrected chi connectivity index (χ1v) is 4.29. The molecule has 0 atom stereocenters. The van der Waals surface area contributed by atoms with Gasteiger partial charge >= 0.3 is 12.3 Å². The highest BCUT2D eigenvalue weighted by atomic mass is 16.8. The Balaban J connectivity index is 4.10. The van der Waals surface area contributed by atoms with E-state index in [-0.39, 0.29) is 19.8 Å². The molecule has 0 spiro atoms. The molecule has 0 unspecified atom stereocenters. The molecule has 0 fully saturated rings. The lowest BCUT2D eigenvalue weighted by Gasteiger charge is -2.26. The molecule has 0 aromatic rings. The van der Waals surface area contributed by atoms with Crippen molar-refractivity contribution in [2.75, 3.05) is 19.8 Å². The fourth-order valence-electron chi connectivity index (χ4n) is 0.780. The van der Waals surface area contributed by atoms with E-state index in [1.165, 1.54) is 0 Å². The molecule has 88 valence electrons. The molecule has 0 aliphatic heterocycles. The Morgan fingerprint density at radius 3 is 2.13 bits per heavy atom. The first-order chi connectivity index (χ1) is 6.99. The van der Waals surface area contributed by atoms with Gasteiger partial charge < -0.3 is 24.8 Å². The van der Waals surface area contributed by atoms with E-state index in [1.807, 2.05) is 0 Å². The average Bonchev–Trinajstić information content (AvgIpc) is 2.20. The van der Waals surface area contributed by atoms with Gasteiger partial charge in [0.05, 0.1) is 18.6 Å². The van der Waals surface area contributed by atoms with Gasteiger partial charge in [-0.1, -0.05) is 6.92 Å². The Morgan fingerprint density at radius 2 is 1.80 bits per heavy atom. The zero-order chi connectivity index (χ0) is 11.9. The number of aliphatic hydroxyl groups excluding tert-OH is 2. The van der Waals surface area contributed by atoms with Gasteiger partial charge in [0.2, 0.25) is 0 Å². The molecule has 0 aromatic heterocycles. The maximum Gasteiger partial charge on any atom is 0.518 e. The van der Waals surface area contributed by atoms with E-state index in [4.69, 9.17) is 15.3 Å². The molecule has 0 aliphatic carbocycles. The largest absolute Gasteiger partial charge is 0.518 e. The highest BCUT2D eigenvalue weighted by Crippen LogP contribution is 2.20. The Morgan fingerprint density at radius 1 is 1.27 bits per heavy atom. The Hall–Kier alpha value is -1.34. The van der Waals surface area contributed by atoms with Crippen molar-refractivity contribution in [1.29, 1.82) is 0 Å². The van der Waals surface area contributed by atoms with Crippen LogP contribution in [-0.4, -0.2) is 47.5 Å². The zero-order valence-electron chi connectivity index (χ0n) is 8.30. The number of ether oxygens (including phenoxy) is 2. The van der Waals surface area contributed by atoms with Gasteiger partial charge in [-0.25, -0.2) is 9.59 Å². The molecular weight excluding hydrogens is 208 g/mol. The second-order valence-corrected chi connectivity index (χ2v) is 3.08. The van der Waals surface area contributed by atoms with Crippen LogP contribution in [0.2, 0.25) is 0 Å². The molecule has 0 bridgehead atoms. The molecule has 0 saturated heterocycles. The van der Waals surface area contributed by atoms with Crippen LogP contribution in [0.4, 0.5) is 9.59 Å². The molecule has 3 N–H and O–H groups in total. The Labute approximate surface area is 86.2 Å². The monoisotopic (exact) mass is 222 g/mol. The summed E-state index contributed by atoms with van der Waals surface area (Å²) in [6.07, 6.45) is -2.77. The van der Waals surface area contributed by atoms with Crippen LogP contribution in [0.1, 0.15) is 13.3 Å². The summed E-state index contributed by atoms with van der Waals surface area (Å²) in [5.74, 6) is 0. The van der Waals surface area contributed by atoms with Crippen LogP contribution in [0.15, 0.2) is 0 Å². The van der Waals surface area contributed by atoms with E-state index in [1.54, 1.807) is 6.92 Å². The molecule has 0 rings (SSSR count). The summed E-state index contributed by atoms with van der Waals surface area (Å²) in [7, 11) is 0. The number of aliphatic hydroxyl groups is 2. The molecule has 7 heteroatoms. The third-order valence-corrected chi connectivity index (χ3v) is 2.09. The fraction of sp³-hybridized carbons (Fsp3) is 0.750. The minimum Gasteiger partial charge on any atom is -0.449 e. The number of rotatable bonds is 5. The highest BCUT2D eigenvalue weighted by molar-refractivity contribution is 5.75. The fourth-order valence-corrected chi connectivity index (χ4v) is 0.780. The van der Waals surface area contributed by atoms with Crippen LogP contribution in [0.25, 0.3) is 0 Å². The van der Waals surface area contributed by atoms with Gasteiger partial charge in [-0.2, -0.15) is 0 Å². The van der Waals surface area contributed by atoms with E-state index in [2.05, 4.69) is 9.47 Å². The van der Waals surface area contributed by atoms with Gasteiger partial charge in [0.15, 0.2) is 0 Å². The van der Waals surface area contributed by atoms with Gasteiger partial charge in [0.25, 0.3) is 0 Å². The second-order valence-electron chi connectivity index (χ2n) is 3.08. The number of carboxylic acid groups (broad SMARTS) is 1. The van der Waals surface area contributed by atoms with E-state index >= 15 is 0 Å². The molecule has 0 aromatic carbocycles. The van der Waals surface area contributed by atoms with E-state index in [0.29, 0.717) is 6.42 Å². The molecule has 0 heterocycles. The predicted octanol–water partition coefficient (Wildman–Crippen LogP) is 0.199. The summed E-state index contributed by atoms with van der Waals surface area (Å²) >= 11 is 0. The highest BCUT2D eigenvalue weighted by Gasteiger charge is 2.29. The molecule has 15 heavy (non-hydrogen) atoms. The van der Waals surface area contributed by atoms with Crippen molar-refractivity contribution in [1.82, 2.24) is 0 Å². The van der Waals surface area contributed by atoms with Gasteiger partial charge in [0.1, 0.15) is 6.61 Å². The average molecular weight is 222 g/mol. The van der Waals surface area contributed by atoms with E-state index in [9.17, 15) is 9.59 Å². The number of carbonyl (C=O) groups is 2. The van der Waals surface area contributed by atoms with Crippen molar-refractivity contribution in [2.45, 2.75) is 13.3 Å². The van der Waals surface area contributed by atoms with E-state index < -0.39 is 17.7 Å². The predicted molar refractivity (Wildman–Crippen MR) is 47.4 cm³/mol. The van der Waals surface area contributed by atoms with Crippen molar-refractivity contribution in [3.8, 4) is 0 Å². The van der Waals surface area contributed by atoms with Gasteiger partial charge in [0, 0.05) is 0 Å². The van der Waals surface area contributed by atoms with Gasteiger partial charge in [-0.05, 0) is 6.42 Å². The summed E-state index contributed by atoms with van der Waals surface area (Å²) in [5.41, 5.74) is -0.961. The summed E-state index contributed by atoms with van der Waals surface area (Å²) < 4.78 is 8.10. The van der Waals surface area contributed by atoms with Crippen LogP contribution >= 0.6 is 0 Å². The molecule has 0 aliphatic rings. The van der Waals surface area contributed by atoms with Gasteiger partial charge in [-0.15, -0.1) is 0 Å². The maximum absolute atomic E-state index is 10.7. The zero-order valence-corrected chi connectivity index (χ0v) is 8.30. The lowest BCUT2D eigenvalue weighted by molar-refractivity contribution is -0.0229. The van der Waals surface area contributed by atoms with Gasteiger partial charge in [-0.3, -0.25) is 0 Å². The molecule has 0 amide bonds. The van der Waals surface area contributed by atoms with Crippen LogP contribution in [-0.2, 0) is 9.47 Å². The number of hydrogen-bond acceptors (Lipinski definition) is 6. The molecular formula is C8H14O7. The van der Waals surface area contributed by atoms with Crippen molar-refractivity contribution >= 4 is 12.3 Å². The minimum absolute atomic E-state index is 0.303. The smallest absolute Gasteiger partial charge is 0.449 e. The molecule has 0 saturated carbocycles. The van der Waals surface area contributed by atoms with Crippen LogP contribution in [0.3, 0.4) is 0 Å². The van der Waals surface area contributed by atoms with Crippen molar-refractivity contribution in [3.05, 3.63) is 0 Å². The number of carbonyl (C=O) groups excluding carboxylic acids is 1.